The van der Waals surface area contributed by atoms with Crippen LogP contribution in [0.4, 0.5) is 5.69 Å². The lowest BCUT2D eigenvalue weighted by Gasteiger charge is -2.11. The van der Waals surface area contributed by atoms with Crippen molar-refractivity contribution in [2.24, 2.45) is 0 Å². The lowest BCUT2D eigenvalue weighted by atomic mass is 10.0. The standard InChI is InChI=1S/C19H17NO2/c1-13-9-10-17(14(2)12-13)20-19(21)16-7-4-3-6-15(16)18-8-5-11-22-18/h3-12H,1-2H3,(H,20,21). The topological polar surface area (TPSA) is 42.2 Å². The molecular formula is C19H17NO2. The minimum absolute atomic E-state index is 0.140. The molecule has 1 aromatic heterocycles. The molecule has 0 aliphatic rings. The van der Waals surface area contributed by atoms with E-state index in [0.717, 1.165) is 16.8 Å². The van der Waals surface area contributed by atoms with Crippen molar-refractivity contribution in [1.29, 1.82) is 0 Å². The first-order valence-corrected chi connectivity index (χ1v) is 7.16. The Bertz CT molecular complexity index is 804. The number of nitrogens with one attached hydrogen (secondary N) is 1. The quantitative estimate of drug-likeness (QED) is 0.752. The number of furan rings is 1. The first kappa shape index (κ1) is 14.1. The second-order valence-electron chi connectivity index (χ2n) is 5.30. The van der Waals surface area contributed by atoms with Gasteiger partial charge in [-0.25, -0.2) is 0 Å². The predicted molar refractivity (Wildman–Crippen MR) is 88.0 cm³/mol. The third-order valence-electron chi connectivity index (χ3n) is 3.59. The molecule has 0 atom stereocenters. The number of amides is 1. The average Bonchev–Trinajstić information content (AvgIpc) is 3.04. The summed E-state index contributed by atoms with van der Waals surface area (Å²) in [5.41, 5.74) is 4.42. The first-order valence-electron chi connectivity index (χ1n) is 7.16. The molecule has 0 saturated heterocycles. The molecule has 0 radical (unpaired) electrons. The van der Waals surface area contributed by atoms with E-state index in [1.54, 1.807) is 12.3 Å². The van der Waals surface area contributed by atoms with Crippen LogP contribution >= 0.6 is 0 Å². The van der Waals surface area contributed by atoms with E-state index in [-0.39, 0.29) is 5.91 Å². The summed E-state index contributed by atoms with van der Waals surface area (Å²) in [6.07, 6.45) is 1.61. The van der Waals surface area contributed by atoms with Gasteiger partial charge in [0.25, 0.3) is 5.91 Å². The second kappa shape index (κ2) is 5.90. The highest BCUT2D eigenvalue weighted by atomic mass is 16.3. The van der Waals surface area contributed by atoms with E-state index in [0.29, 0.717) is 11.3 Å². The molecule has 0 spiro atoms. The molecule has 0 saturated carbocycles. The summed E-state index contributed by atoms with van der Waals surface area (Å²) in [6, 6.07) is 17.1. The molecule has 2 aromatic carbocycles. The Hall–Kier alpha value is -2.81. The van der Waals surface area contributed by atoms with Gasteiger partial charge in [-0.2, -0.15) is 0 Å². The van der Waals surface area contributed by atoms with E-state index in [4.69, 9.17) is 4.42 Å². The molecule has 3 nitrogen and oxygen atoms in total. The fraction of sp³-hybridized carbons (Fsp3) is 0.105. The lowest BCUT2D eigenvalue weighted by molar-refractivity contribution is 0.102. The maximum atomic E-state index is 12.6. The molecule has 22 heavy (non-hydrogen) atoms. The number of benzene rings is 2. The average molecular weight is 291 g/mol. The number of aryl methyl sites for hydroxylation is 2. The fourth-order valence-corrected chi connectivity index (χ4v) is 2.47. The minimum Gasteiger partial charge on any atom is -0.464 e. The first-order chi connectivity index (χ1) is 10.6. The molecule has 0 aliphatic carbocycles. The molecule has 3 aromatic rings. The monoisotopic (exact) mass is 291 g/mol. The third kappa shape index (κ3) is 2.79. The van der Waals surface area contributed by atoms with E-state index >= 15 is 0 Å². The summed E-state index contributed by atoms with van der Waals surface area (Å²) in [5, 5.41) is 2.98. The molecule has 3 rings (SSSR count). The molecule has 0 aliphatic heterocycles. The van der Waals surface area contributed by atoms with E-state index in [1.165, 1.54) is 5.56 Å². The van der Waals surface area contributed by atoms with Crippen molar-refractivity contribution in [3.05, 3.63) is 77.6 Å². The zero-order chi connectivity index (χ0) is 15.5. The Morgan fingerprint density at radius 1 is 1.00 bits per heavy atom. The smallest absolute Gasteiger partial charge is 0.256 e. The highest BCUT2D eigenvalue weighted by Gasteiger charge is 2.14. The number of carbonyl (C=O) groups is 1. The van der Waals surface area contributed by atoms with Crippen LogP contribution in [0.2, 0.25) is 0 Å². The zero-order valence-electron chi connectivity index (χ0n) is 12.6. The summed E-state index contributed by atoms with van der Waals surface area (Å²) in [7, 11) is 0. The molecule has 3 heteroatoms. The van der Waals surface area contributed by atoms with Gasteiger partial charge in [-0.3, -0.25) is 4.79 Å². The molecule has 0 fully saturated rings. The summed E-state index contributed by atoms with van der Waals surface area (Å²) in [6.45, 7) is 4.02. The summed E-state index contributed by atoms with van der Waals surface area (Å²) in [5.74, 6) is 0.547. The minimum atomic E-state index is -0.140. The maximum Gasteiger partial charge on any atom is 0.256 e. The predicted octanol–water partition coefficient (Wildman–Crippen LogP) is 4.82. The van der Waals surface area contributed by atoms with Crippen LogP contribution in [0.1, 0.15) is 21.5 Å². The zero-order valence-corrected chi connectivity index (χ0v) is 12.6. The Labute approximate surface area is 129 Å². The lowest BCUT2D eigenvalue weighted by Crippen LogP contribution is -2.13. The number of rotatable bonds is 3. The molecule has 0 bridgehead atoms. The highest BCUT2D eigenvalue weighted by Crippen LogP contribution is 2.25. The fourth-order valence-electron chi connectivity index (χ4n) is 2.47. The van der Waals surface area contributed by atoms with Crippen molar-refractivity contribution in [1.82, 2.24) is 0 Å². The second-order valence-corrected chi connectivity index (χ2v) is 5.30. The van der Waals surface area contributed by atoms with Gasteiger partial charge in [-0.15, -0.1) is 0 Å². The van der Waals surface area contributed by atoms with Gasteiger partial charge in [0, 0.05) is 11.3 Å². The third-order valence-corrected chi connectivity index (χ3v) is 3.59. The van der Waals surface area contributed by atoms with E-state index in [1.807, 2.05) is 62.4 Å². The summed E-state index contributed by atoms with van der Waals surface area (Å²) < 4.78 is 5.42. The van der Waals surface area contributed by atoms with E-state index in [2.05, 4.69) is 5.32 Å². The van der Waals surface area contributed by atoms with Gasteiger partial charge in [-0.05, 0) is 43.7 Å². The molecule has 1 amide bonds. The van der Waals surface area contributed by atoms with E-state index in [9.17, 15) is 4.79 Å². The van der Waals surface area contributed by atoms with Gasteiger partial charge < -0.3 is 9.73 Å². The largest absolute Gasteiger partial charge is 0.464 e. The number of anilines is 1. The van der Waals surface area contributed by atoms with Gasteiger partial charge in [-0.1, -0.05) is 35.9 Å². The van der Waals surface area contributed by atoms with Crippen LogP contribution in [0.15, 0.2) is 65.3 Å². The van der Waals surface area contributed by atoms with Crippen molar-refractivity contribution in [2.45, 2.75) is 13.8 Å². The molecule has 1 heterocycles. The van der Waals surface area contributed by atoms with Crippen LogP contribution < -0.4 is 5.32 Å². The van der Waals surface area contributed by atoms with Crippen LogP contribution in [0.3, 0.4) is 0 Å². The van der Waals surface area contributed by atoms with Crippen LogP contribution in [-0.2, 0) is 0 Å². The molecule has 110 valence electrons. The van der Waals surface area contributed by atoms with Crippen LogP contribution in [0.5, 0.6) is 0 Å². The van der Waals surface area contributed by atoms with Crippen molar-refractivity contribution >= 4 is 11.6 Å². The van der Waals surface area contributed by atoms with Crippen molar-refractivity contribution < 1.29 is 9.21 Å². The SMILES string of the molecule is Cc1ccc(NC(=O)c2ccccc2-c2ccco2)c(C)c1. The summed E-state index contributed by atoms with van der Waals surface area (Å²) in [4.78, 5) is 12.6. The van der Waals surface area contributed by atoms with Gasteiger partial charge in [0.15, 0.2) is 0 Å². The van der Waals surface area contributed by atoms with Crippen molar-refractivity contribution in [2.75, 3.05) is 5.32 Å². The molecule has 0 unspecified atom stereocenters. The Morgan fingerprint density at radius 3 is 2.55 bits per heavy atom. The number of hydrogen-bond acceptors (Lipinski definition) is 2. The Morgan fingerprint density at radius 2 is 1.82 bits per heavy atom. The highest BCUT2D eigenvalue weighted by molar-refractivity contribution is 6.08. The van der Waals surface area contributed by atoms with Gasteiger partial charge >= 0.3 is 0 Å². The van der Waals surface area contributed by atoms with Gasteiger partial charge in [0.1, 0.15) is 5.76 Å². The molecular weight excluding hydrogens is 274 g/mol. The Kier molecular flexibility index (Phi) is 3.79. The summed E-state index contributed by atoms with van der Waals surface area (Å²) >= 11 is 0. The van der Waals surface area contributed by atoms with Gasteiger partial charge in [0.05, 0.1) is 11.8 Å². The Balaban J connectivity index is 1.93. The van der Waals surface area contributed by atoms with Crippen LogP contribution in [0.25, 0.3) is 11.3 Å². The van der Waals surface area contributed by atoms with Crippen molar-refractivity contribution in [3.63, 3.8) is 0 Å². The van der Waals surface area contributed by atoms with E-state index < -0.39 is 0 Å². The van der Waals surface area contributed by atoms with Crippen LogP contribution in [0, 0.1) is 13.8 Å². The molecule has 1 N–H and O–H groups in total. The van der Waals surface area contributed by atoms with Gasteiger partial charge in [0.2, 0.25) is 0 Å². The number of hydrogen-bond donors (Lipinski definition) is 1. The number of carbonyl (C=O) groups excluding carboxylic acids is 1. The van der Waals surface area contributed by atoms with Crippen molar-refractivity contribution in [3.8, 4) is 11.3 Å². The van der Waals surface area contributed by atoms with Crippen LogP contribution in [-0.4, -0.2) is 5.91 Å². The normalized spacial score (nSPS) is 10.5. The maximum absolute atomic E-state index is 12.6.